The number of carboxylic acids is 1. The van der Waals surface area contributed by atoms with Crippen molar-refractivity contribution in [3.8, 4) is 5.75 Å². The first-order chi connectivity index (χ1) is 16.7. The number of carboxylic acid groups (broad SMARTS) is 1. The van der Waals surface area contributed by atoms with E-state index in [2.05, 4.69) is 50.0 Å². The number of rotatable bonds is 10. The van der Waals surface area contributed by atoms with Crippen molar-refractivity contribution in [3.05, 3.63) is 64.4 Å². The van der Waals surface area contributed by atoms with Crippen LogP contribution in [0.4, 0.5) is 4.39 Å². The Labute approximate surface area is 218 Å². The molecule has 1 saturated heterocycles. The lowest BCUT2D eigenvalue weighted by molar-refractivity contribution is -0.136. The van der Waals surface area contributed by atoms with Crippen molar-refractivity contribution in [2.45, 2.75) is 83.1 Å². The second kappa shape index (κ2) is 11.1. The first-order valence-corrected chi connectivity index (χ1v) is 12.7. The van der Waals surface area contributed by atoms with Crippen molar-refractivity contribution in [2.75, 3.05) is 13.2 Å². The van der Waals surface area contributed by atoms with E-state index in [1.54, 1.807) is 6.92 Å². The molecule has 1 atom stereocenters. The zero-order chi connectivity index (χ0) is 26.7. The standard InChI is InChI=1S/C28H38ClFN2O4/c1-26(2)14-23(15-27(3,4)32(26)16-19-6-9-21(29)10-7-19)31-17-28(5,35)18-36-24-13-22(30)11-8-20(24)12-25(33)34/h6-11,13,23,31,35H,12,14-18H2,1-5H3,(H,33,34)/t28-/m0/s1. The minimum Gasteiger partial charge on any atom is -0.490 e. The van der Waals surface area contributed by atoms with Crippen molar-refractivity contribution in [3.63, 3.8) is 0 Å². The maximum Gasteiger partial charge on any atom is 0.307 e. The topological polar surface area (TPSA) is 82.0 Å². The molecule has 0 aliphatic carbocycles. The molecular weight excluding hydrogens is 483 g/mol. The monoisotopic (exact) mass is 520 g/mol. The number of aliphatic carboxylic acids is 1. The van der Waals surface area contributed by atoms with E-state index in [4.69, 9.17) is 21.4 Å². The second-order valence-electron chi connectivity index (χ2n) is 11.4. The van der Waals surface area contributed by atoms with Gasteiger partial charge in [-0.25, -0.2) is 4.39 Å². The highest BCUT2D eigenvalue weighted by atomic mass is 35.5. The quantitative estimate of drug-likeness (QED) is 0.407. The van der Waals surface area contributed by atoms with E-state index in [0.29, 0.717) is 5.56 Å². The molecule has 1 fully saturated rings. The summed E-state index contributed by atoms with van der Waals surface area (Å²) in [6.45, 7) is 11.6. The molecule has 2 aromatic carbocycles. The van der Waals surface area contributed by atoms with Gasteiger partial charge in [0.25, 0.3) is 0 Å². The van der Waals surface area contributed by atoms with Crippen LogP contribution in [0.5, 0.6) is 5.75 Å². The van der Waals surface area contributed by atoms with Crippen LogP contribution in [0.25, 0.3) is 0 Å². The van der Waals surface area contributed by atoms with Gasteiger partial charge in [-0.2, -0.15) is 0 Å². The number of aliphatic hydroxyl groups is 1. The minimum absolute atomic E-state index is 0.0886. The number of ether oxygens (including phenoxy) is 1. The molecule has 0 amide bonds. The molecule has 3 N–H and O–H groups in total. The van der Waals surface area contributed by atoms with Crippen LogP contribution in [0.2, 0.25) is 5.02 Å². The lowest BCUT2D eigenvalue weighted by atomic mass is 9.76. The fraction of sp³-hybridized carbons (Fsp3) is 0.536. The van der Waals surface area contributed by atoms with Gasteiger partial charge in [-0.1, -0.05) is 29.8 Å². The fourth-order valence-corrected chi connectivity index (χ4v) is 5.41. The second-order valence-corrected chi connectivity index (χ2v) is 11.9. The van der Waals surface area contributed by atoms with Crippen molar-refractivity contribution >= 4 is 17.6 Å². The van der Waals surface area contributed by atoms with Crippen LogP contribution in [0.15, 0.2) is 42.5 Å². The Hall–Kier alpha value is -2.19. The molecular formula is C28H38ClFN2O4. The summed E-state index contributed by atoms with van der Waals surface area (Å²) in [6.07, 6.45) is 1.51. The summed E-state index contributed by atoms with van der Waals surface area (Å²) in [6, 6.07) is 11.9. The number of hydrogen-bond donors (Lipinski definition) is 3. The normalized spacial score (nSPS) is 19.6. The van der Waals surface area contributed by atoms with Gasteiger partial charge in [-0.3, -0.25) is 9.69 Å². The largest absolute Gasteiger partial charge is 0.490 e. The maximum absolute atomic E-state index is 13.7. The van der Waals surface area contributed by atoms with Crippen LogP contribution >= 0.6 is 11.6 Å². The zero-order valence-electron chi connectivity index (χ0n) is 21.8. The van der Waals surface area contributed by atoms with Gasteiger partial charge in [0.15, 0.2) is 0 Å². The van der Waals surface area contributed by atoms with E-state index >= 15 is 0 Å². The first kappa shape index (κ1) is 28.4. The molecule has 1 aliphatic heterocycles. The Morgan fingerprint density at radius 1 is 1.17 bits per heavy atom. The predicted molar refractivity (Wildman–Crippen MR) is 140 cm³/mol. The smallest absolute Gasteiger partial charge is 0.307 e. The summed E-state index contributed by atoms with van der Waals surface area (Å²) < 4.78 is 19.4. The highest BCUT2D eigenvalue weighted by Crippen LogP contribution is 2.39. The van der Waals surface area contributed by atoms with E-state index < -0.39 is 17.4 Å². The average Bonchev–Trinajstić information content (AvgIpc) is 2.75. The summed E-state index contributed by atoms with van der Waals surface area (Å²) in [7, 11) is 0. The third-order valence-corrected chi connectivity index (χ3v) is 7.14. The number of nitrogens with one attached hydrogen (secondary N) is 1. The number of piperidine rings is 1. The number of likely N-dealkylation sites (tertiary alicyclic amines) is 1. The van der Waals surface area contributed by atoms with E-state index in [1.165, 1.54) is 17.7 Å². The summed E-state index contributed by atoms with van der Waals surface area (Å²) in [5, 5.41) is 24.3. The van der Waals surface area contributed by atoms with Gasteiger partial charge in [0.1, 0.15) is 23.8 Å². The lowest BCUT2D eigenvalue weighted by Gasteiger charge is -2.56. The Balaban J connectivity index is 1.60. The molecule has 0 bridgehead atoms. The van der Waals surface area contributed by atoms with Gasteiger partial charge in [-0.05, 0) is 71.2 Å². The molecule has 36 heavy (non-hydrogen) atoms. The number of hydrogen-bond acceptors (Lipinski definition) is 5. The van der Waals surface area contributed by atoms with Gasteiger partial charge >= 0.3 is 5.97 Å². The van der Waals surface area contributed by atoms with Crippen LogP contribution in [0.1, 0.15) is 58.6 Å². The van der Waals surface area contributed by atoms with Crippen molar-refractivity contribution in [1.82, 2.24) is 10.2 Å². The maximum atomic E-state index is 13.7. The van der Waals surface area contributed by atoms with Crippen LogP contribution in [0.3, 0.4) is 0 Å². The number of benzene rings is 2. The molecule has 198 valence electrons. The van der Waals surface area contributed by atoms with Crippen molar-refractivity contribution in [2.24, 2.45) is 0 Å². The molecule has 8 heteroatoms. The third-order valence-electron chi connectivity index (χ3n) is 6.89. The molecule has 0 unspecified atom stereocenters. The summed E-state index contributed by atoms with van der Waals surface area (Å²) in [5.74, 6) is -1.42. The van der Waals surface area contributed by atoms with Crippen molar-refractivity contribution in [1.29, 1.82) is 0 Å². The molecule has 1 aliphatic rings. The third kappa shape index (κ3) is 7.65. The minimum atomic E-state index is -1.23. The SMILES string of the molecule is CC1(C)CC(NC[C@](C)(O)COc2cc(F)ccc2CC(=O)O)CC(C)(C)N1Cc1ccc(Cl)cc1. The average molecular weight is 521 g/mol. The molecule has 3 rings (SSSR count). The highest BCUT2D eigenvalue weighted by molar-refractivity contribution is 6.30. The highest BCUT2D eigenvalue weighted by Gasteiger charge is 2.45. The van der Waals surface area contributed by atoms with Crippen LogP contribution in [-0.2, 0) is 17.8 Å². The van der Waals surface area contributed by atoms with E-state index in [9.17, 15) is 14.3 Å². The number of nitrogens with zero attached hydrogens (tertiary/aromatic N) is 1. The van der Waals surface area contributed by atoms with E-state index in [1.807, 2.05) is 12.1 Å². The Morgan fingerprint density at radius 2 is 1.78 bits per heavy atom. The molecule has 0 radical (unpaired) electrons. The summed E-state index contributed by atoms with van der Waals surface area (Å²) in [4.78, 5) is 13.6. The number of carbonyl (C=O) groups is 1. The van der Waals surface area contributed by atoms with Crippen LogP contribution in [0, 0.1) is 5.82 Å². The first-order valence-electron chi connectivity index (χ1n) is 12.3. The van der Waals surface area contributed by atoms with Gasteiger partial charge < -0.3 is 20.3 Å². The Kier molecular flexibility index (Phi) is 8.71. The summed E-state index contributed by atoms with van der Waals surface area (Å²) in [5.41, 5.74) is 0.168. The predicted octanol–water partition coefficient (Wildman–Crippen LogP) is 5.05. The molecule has 1 heterocycles. The van der Waals surface area contributed by atoms with Gasteiger partial charge in [0.05, 0.1) is 6.42 Å². The van der Waals surface area contributed by atoms with Crippen LogP contribution < -0.4 is 10.1 Å². The van der Waals surface area contributed by atoms with Gasteiger partial charge in [0.2, 0.25) is 0 Å². The van der Waals surface area contributed by atoms with Gasteiger partial charge in [-0.15, -0.1) is 0 Å². The molecule has 0 aromatic heterocycles. The number of halogens is 2. The Bertz CT molecular complexity index is 1040. The van der Waals surface area contributed by atoms with E-state index in [0.717, 1.165) is 30.5 Å². The van der Waals surface area contributed by atoms with Gasteiger partial charge in [0, 0.05) is 46.9 Å². The Morgan fingerprint density at radius 3 is 2.36 bits per heavy atom. The van der Waals surface area contributed by atoms with E-state index in [-0.39, 0.29) is 42.4 Å². The molecule has 6 nitrogen and oxygen atoms in total. The molecule has 2 aromatic rings. The lowest BCUT2D eigenvalue weighted by Crippen LogP contribution is -2.64. The molecule has 0 saturated carbocycles. The zero-order valence-corrected chi connectivity index (χ0v) is 22.5. The van der Waals surface area contributed by atoms with Crippen LogP contribution in [-0.4, -0.2) is 57.0 Å². The fourth-order valence-electron chi connectivity index (χ4n) is 5.28. The van der Waals surface area contributed by atoms with Crippen molar-refractivity contribution < 1.29 is 24.1 Å². The molecule has 0 spiro atoms. The summed E-state index contributed by atoms with van der Waals surface area (Å²) >= 11 is 6.06.